The summed E-state index contributed by atoms with van der Waals surface area (Å²) in [5.41, 5.74) is 1.17. The van der Waals surface area contributed by atoms with Crippen LogP contribution in [0.25, 0.3) is 0 Å². The fraction of sp³-hybridized carbons (Fsp3) is 0.688. The highest BCUT2D eigenvalue weighted by Gasteiger charge is 2.39. The van der Waals surface area contributed by atoms with E-state index in [0.29, 0.717) is 19.6 Å². The first-order valence-electron chi connectivity index (χ1n) is 8.26. The number of likely N-dealkylation sites (tertiary alicyclic amines) is 1. The van der Waals surface area contributed by atoms with Crippen LogP contribution in [0.1, 0.15) is 12.1 Å². The van der Waals surface area contributed by atoms with Crippen LogP contribution in [0.3, 0.4) is 0 Å². The van der Waals surface area contributed by atoms with Crippen molar-refractivity contribution in [1.82, 2.24) is 19.4 Å². The van der Waals surface area contributed by atoms with Crippen LogP contribution in [0, 0.1) is 0 Å². The number of aromatic nitrogens is 2. The molecule has 0 spiro atoms. The lowest BCUT2D eigenvalue weighted by Gasteiger charge is -2.25. The van der Waals surface area contributed by atoms with Crippen LogP contribution in [-0.2, 0) is 32.2 Å². The summed E-state index contributed by atoms with van der Waals surface area (Å²) in [6.07, 6.45) is 4.36. The van der Waals surface area contributed by atoms with Crippen LogP contribution in [0.15, 0.2) is 12.5 Å². The number of ether oxygens (including phenoxy) is 2. The van der Waals surface area contributed by atoms with Gasteiger partial charge in [0.2, 0.25) is 5.91 Å². The maximum atomic E-state index is 12.0. The summed E-state index contributed by atoms with van der Waals surface area (Å²) in [5.74, 6) is 0.180. The molecule has 1 amide bonds. The molecule has 2 saturated heterocycles. The quantitative estimate of drug-likeness (QED) is 0.723. The number of hydrogen-bond acceptors (Lipinski definition) is 6. The zero-order valence-corrected chi connectivity index (χ0v) is 14.7. The summed E-state index contributed by atoms with van der Waals surface area (Å²) in [5, 5.41) is 6.89. The van der Waals surface area contributed by atoms with Gasteiger partial charge in [0.15, 0.2) is 0 Å². The number of likely N-dealkylation sites (N-methyl/N-ethyl adjacent to an activating group) is 1. The first kappa shape index (κ1) is 19.4. The van der Waals surface area contributed by atoms with Crippen LogP contribution < -0.4 is 0 Å². The van der Waals surface area contributed by atoms with Gasteiger partial charge < -0.3 is 24.0 Å². The number of carbonyl (C=O) groups is 2. The smallest absolute Gasteiger partial charge is 0.290 e. The van der Waals surface area contributed by atoms with Crippen molar-refractivity contribution in [2.24, 2.45) is 0 Å². The molecule has 0 radical (unpaired) electrons. The van der Waals surface area contributed by atoms with Gasteiger partial charge in [-0.3, -0.25) is 14.5 Å². The average Bonchev–Trinajstić information content (AvgIpc) is 3.17. The van der Waals surface area contributed by atoms with Gasteiger partial charge in [-0.25, -0.2) is 4.98 Å². The lowest BCUT2D eigenvalue weighted by molar-refractivity contribution is -0.131. The van der Waals surface area contributed by atoms with E-state index in [2.05, 4.69) is 14.5 Å². The Morgan fingerprint density at radius 3 is 2.96 bits per heavy atom. The minimum Gasteiger partial charge on any atom is -0.483 e. The van der Waals surface area contributed by atoms with Crippen molar-refractivity contribution in [3.8, 4) is 0 Å². The molecule has 0 bridgehead atoms. The third-order valence-electron chi connectivity index (χ3n) is 4.57. The Kier molecular flexibility index (Phi) is 7.35. The van der Waals surface area contributed by atoms with Crippen molar-refractivity contribution in [2.45, 2.75) is 31.7 Å². The number of hydrogen-bond donors (Lipinski definition) is 1. The molecule has 0 aromatic carbocycles. The lowest BCUT2D eigenvalue weighted by atomic mass is 10.2. The van der Waals surface area contributed by atoms with Gasteiger partial charge in [0.25, 0.3) is 6.47 Å². The van der Waals surface area contributed by atoms with Crippen LogP contribution in [0.4, 0.5) is 0 Å². The van der Waals surface area contributed by atoms with Gasteiger partial charge in [0.05, 0.1) is 43.8 Å². The second-order valence-corrected chi connectivity index (χ2v) is 6.10. The number of methoxy groups -OCH3 is 1. The third kappa shape index (κ3) is 5.00. The Bertz CT molecular complexity index is 564. The van der Waals surface area contributed by atoms with E-state index in [-0.39, 0.29) is 24.5 Å². The molecule has 2 aliphatic heterocycles. The molecular weight excluding hydrogens is 328 g/mol. The summed E-state index contributed by atoms with van der Waals surface area (Å²) in [4.78, 5) is 28.7. The molecule has 2 aliphatic rings. The molecular formula is C16H26N4O5. The van der Waals surface area contributed by atoms with Crippen LogP contribution in [0.2, 0.25) is 0 Å². The van der Waals surface area contributed by atoms with E-state index in [1.807, 2.05) is 24.5 Å². The van der Waals surface area contributed by atoms with E-state index >= 15 is 0 Å². The molecule has 0 saturated carbocycles. The maximum Gasteiger partial charge on any atom is 0.290 e. The molecule has 3 rings (SSSR count). The largest absolute Gasteiger partial charge is 0.483 e. The van der Waals surface area contributed by atoms with Crippen molar-refractivity contribution in [3.05, 3.63) is 18.2 Å². The highest BCUT2D eigenvalue weighted by atomic mass is 16.5. The van der Waals surface area contributed by atoms with Crippen molar-refractivity contribution >= 4 is 12.4 Å². The molecule has 1 aromatic heterocycles. The molecule has 0 unspecified atom stereocenters. The first-order chi connectivity index (χ1) is 12.1. The maximum absolute atomic E-state index is 12.0. The van der Waals surface area contributed by atoms with Crippen molar-refractivity contribution in [2.75, 3.05) is 40.5 Å². The minimum absolute atomic E-state index is 0.117. The zero-order valence-electron chi connectivity index (χ0n) is 14.7. The van der Waals surface area contributed by atoms with Gasteiger partial charge >= 0.3 is 0 Å². The lowest BCUT2D eigenvalue weighted by Crippen LogP contribution is -2.42. The fourth-order valence-corrected chi connectivity index (χ4v) is 3.26. The van der Waals surface area contributed by atoms with E-state index in [4.69, 9.17) is 19.4 Å². The highest BCUT2D eigenvalue weighted by molar-refractivity contribution is 5.76. The van der Waals surface area contributed by atoms with Crippen LogP contribution >= 0.6 is 0 Å². The second-order valence-electron chi connectivity index (χ2n) is 6.10. The number of imidazole rings is 1. The van der Waals surface area contributed by atoms with Crippen LogP contribution in [-0.4, -0.2) is 89.4 Å². The second kappa shape index (κ2) is 9.50. The Hall–Kier alpha value is -1.97. The number of amides is 1. The van der Waals surface area contributed by atoms with Gasteiger partial charge in [-0.1, -0.05) is 0 Å². The van der Waals surface area contributed by atoms with E-state index in [0.717, 1.165) is 26.2 Å². The zero-order chi connectivity index (χ0) is 18.2. The number of fused-ring (bicyclic) bond motifs is 1. The van der Waals surface area contributed by atoms with Crippen molar-refractivity contribution in [3.63, 3.8) is 0 Å². The van der Waals surface area contributed by atoms with Gasteiger partial charge in [0.1, 0.15) is 0 Å². The third-order valence-corrected chi connectivity index (χ3v) is 4.57. The Labute approximate surface area is 147 Å². The number of rotatable bonds is 5. The van der Waals surface area contributed by atoms with Crippen molar-refractivity contribution in [1.29, 1.82) is 0 Å². The summed E-state index contributed by atoms with van der Waals surface area (Å²) < 4.78 is 13.1. The molecule has 140 valence electrons. The number of carboxylic acid groups (broad SMARTS) is 1. The Balaban J connectivity index is 0.000000701. The fourth-order valence-electron chi connectivity index (χ4n) is 3.26. The number of nitrogens with zero attached hydrogens (tertiary/aromatic N) is 4. The SMILES string of the molecule is COCCn1cncc1CN1C[C@@H]2OCCC(=O)N(C)[C@H]2C1.O=CO. The average molecular weight is 354 g/mol. The Morgan fingerprint density at radius 2 is 2.24 bits per heavy atom. The minimum atomic E-state index is -0.250. The molecule has 1 aromatic rings. The molecule has 2 fully saturated rings. The molecule has 9 nitrogen and oxygen atoms in total. The molecule has 25 heavy (non-hydrogen) atoms. The standard InChI is InChI=1S/C15H24N4O3.CH2O2/c1-17-13-9-18(10-14(13)22-5-3-15(17)20)8-12-7-16-11-19(12)4-6-21-2;2-1-3/h7,11,13-14H,3-6,8-10H2,1-2H3;1H,(H,2,3)/t13-,14-;/m0./s1. The van der Waals surface area contributed by atoms with Gasteiger partial charge in [-0.15, -0.1) is 0 Å². The normalized spacial score (nSPS) is 23.6. The molecule has 3 heterocycles. The van der Waals surface area contributed by atoms with E-state index in [9.17, 15) is 4.79 Å². The predicted octanol–water partition coefficient (Wildman–Crippen LogP) is -0.338. The summed E-state index contributed by atoms with van der Waals surface area (Å²) >= 11 is 0. The Morgan fingerprint density at radius 1 is 1.48 bits per heavy atom. The van der Waals surface area contributed by atoms with E-state index in [1.165, 1.54) is 5.69 Å². The first-order valence-corrected chi connectivity index (χ1v) is 8.26. The predicted molar refractivity (Wildman–Crippen MR) is 89.0 cm³/mol. The van der Waals surface area contributed by atoms with Gasteiger partial charge in [-0.2, -0.15) is 0 Å². The summed E-state index contributed by atoms with van der Waals surface area (Å²) in [6.45, 7) is 4.29. The molecule has 2 atom stereocenters. The molecule has 0 aliphatic carbocycles. The van der Waals surface area contributed by atoms with E-state index < -0.39 is 0 Å². The molecule has 1 N–H and O–H groups in total. The number of carbonyl (C=O) groups excluding carboxylic acids is 1. The van der Waals surface area contributed by atoms with Gasteiger partial charge in [-0.05, 0) is 0 Å². The summed E-state index contributed by atoms with van der Waals surface area (Å²) in [7, 11) is 3.59. The summed E-state index contributed by atoms with van der Waals surface area (Å²) in [6, 6.07) is 0.158. The van der Waals surface area contributed by atoms with Crippen molar-refractivity contribution < 1.29 is 24.2 Å². The highest BCUT2D eigenvalue weighted by Crippen LogP contribution is 2.23. The van der Waals surface area contributed by atoms with Crippen LogP contribution in [0.5, 0.6) is 0 Å². The van der Waals surface area contributed by atoms with Gasteiger partial charge in [0, 0.05) is 46.5 Å². The monoisotopic (exact) mass is 354 g/mol. The molecule has 9 heteroatoms. The van der Waals surface area contributed by atoms with E-state index in [1.54, 1.807) is 7.11 Å². The topological polar surface area (TPSA) is 97.1 Å².